The van der Waals surface area contributed by atoms with Gasteiger partial charge in [0.15, 0.2) is 11.5 Å². The van der Waals surface area contributed by atoms with Gasteiger partial charge >= 0.3 is 0 Å². The summed E-state index contributed by atoms with van der Waals surface area (Å²) >= 11 is 0. The highest BCUT2D eigenvalue weighted by molar-refractivity contribution is 5.98. The molecule has 1 heterocycles. The first-order valence-corrected chi connectivity index (χ1v) is 6.12. The van der Waals surface area contributed by atoms with Crippen LogP contribution in [0.25, 0.3) is 0 Å². The summed E-state index contributed by atoms with van der Waals surface area (Å²) in [5.74, 6) is 1.00. The molecule has 0 aliphatic carbocycles. The van der Waals surface area contributed by atoms with E-state index in [9.17, 15) is 4.79 Å². The van der Waals surface area contributed by atoms with E-state index in [1.54, 1.807) is 18.2 Å². The van der Waals surface area contributed by atoms with Crippen molar-refractivity contribution < 1.29 is 14.3 Å². The largest absolute Gasteiger partial charge is 0.490 e. The van der Waals surface area contributed by atoms with Crippen LogP contribution in [0, 0.1) is 0 Å². The second-order valence-electron chi connectivity index (χ2n) is 4.31. The van der Waals surface area contributed by atoms with Crippen LogP contribution in [0.2, 0.25) is 0 Å². The highest BCUT2D eigenvalue weighted by atomic mass is 16.5. The number of fused-ring (bicyclic) bond motifs is 1. The monoisotopic (exact) mass is 250 g/mol. The van der Waals surface area contributed by atoms with E-state index in [-0.39, 0.29) is 11.9 Å². The third-order valence-electron chi connectivity index (χ3n) is 2.68. The van der Waals surface area contributed by atoms with E-state index in [0.717, 1.165) is 6.42 Å². The molecule has 1 aromatic carbocycles. The molecular formula is C13H18N2O3. The number of nitrogens with two attached hydrogens (primary N) is 1. The van der Waals surface area contributed by atoms with Crippen molar-refractivity contribution in [3.63, 3.8) is 0 Å². The first kappa shape index (κ1) is 12.7. The molecule has 2 rings (SSSR count). The van der Waals surface area contributed by atoms with Gasteiger partial charge in [-0.05, 0) is 32.0 Å². The number of rotatable bonds is 4. The molecule has 0 saturated carbocycles. The average Bonchev–Trinajstić information content (AvgIpc) is 2.50. The third-order valence-corrected chi connectivity index (χ3v) is 2.68. The van der Waals surface area contributed by atoms with Gasteiger partial charge in [-0.2, -0.15) is 0 Å². The Morgan fingerprint density at radius 2 is 2.39 bits per heavy atom. The Morgan fingerprint density at radius 3 is 3.17 bits per heavy atom. The maximum absolute atomic E-state index is 11.9. The Kier molecular flexibility index (Phi) is 4.04. The summed E-state index contributed by atoms with van der Waals surface area (Å²) in [5, 5.41) is 2.85. The van der Waals surface area contributed by atoms with Crippen LogP contribution in [0.3, 0.4) is 0 Å². The van der Waals surface area contributed by atoms with E-state index >= 15 is 0 Å². The van der Waals surface area contributed by atoms with Crippen LogP contribution in [0.5, 0.6) is 11.5 Å². The van der Waals surface area contributed by atoms with Gasteiger partial charge in [-0.3, -0.25) is 4.79 Å². The van der Waals surface area contributed by atoms with Gasteiger partial charge in [0.2, 0.25) is 0 Å². The molecule has 0 bridgehead atoms. The molecule has 0 aromatic heterocycles. The fraction of sp³-hybridized carbons (Fsp3) is 0.462. The van der Waals surface area contributed by atoms with Crippen LogP contribution in [0.1, 0.15) is 23.7 Å². The van der Waals surface area contributed by atoms with Crippen LogP contribution >= 0.6 is 0 Å². The van der Waals surface area contributed by atoms with Gasteiger partial charge in [0.1, 0.15) is 6.61 Å². The van der Waals surface area contributed by atoms with E-state index in [0.29, 0.717) is 36.8 Å². The minimum absolute atomic E-state index is 0.0122. The zero-order valence-corrected chi connectivity index (χ0v) is 10.4. The molecule has 0 spiro atoms. The normalized spacial score (nSPS) is 18.3. The Hall–Kier alpha value is -1.75. The molecule has 1 unspecified atom stereocenters. The molecule has 1 amide bonds. The lowest BCUT2D eigenvalue weighted by Crippen LogP contribution is -2.33. The fourth-order valence-electron chi connectivity index (χ4n) is 1.77. The first-order valence-electron chi connectivity index (χ1n) is 6.12. The molecule has 0 saturated heterocycles. The van der Waals surface area contributed by atoms with Crippen molar-refractivity contribution in [2.45, 2.75) is 19.4 Å². The Morgan fingerprint density at radius 1 is 1.56 bits per heavy atom. The highest BCUT2D eigenvalue weighted by Gasteiger charge is 2.23. The van der Waals surface area contributed by atoms with Crippen LogP contribution in [-0.4, -0.2) is 31.7 Å². The van der Waals surface area contributed by atoms with Gasteiger partial charge in [-0.15, -0.1) is 0 Å². The van der Waals surface area contributed by atoms with Crippen LogP contribution in [0.4, 0.5) is 0 Å². The molecule has 1 aliphatic rings. The van der Waals surface area contributed by atoms with E-state index in [2.05, 4.69) is 5.32 Å². The summed E-state index contributed by atoms with van der Waals surface area (Å²) in [6.45, 7) is 3.44. The van der Waals surface area contributed by atoms with Gasteiger partial charge in [0.25, 0.3) is 5.91 Å². The summed E-state index contributed by atoms with van der Waals surface area (Å²) in [7, 11) is 0. The standard InChI is InChI=1S/C13H18N2O3/c1-9-8-18-12-10(13(16)15-9)4-2-5-11(12)17-7-3-6-14/h2,4-5,9H,3,6-8,14H2,1H3,(H,15,16). The number of nitrogens with one attached hydrogen (secondary N) is 1. The topological polar surface area (TPSA) is 73.6 Å². The molecule has 1 aliphatic heterocycles. The quantitative estimate of drug-likeness (QED) is 0.779. The molecule has 0 radical (unpaired) electrons. The maximum Gasteiger partial charge on any atom is 0.255 e. The van der Waals surface area contributed by atoms with Gasteiger partial charge in [0.05, 0.1) is 18.2 Å². The lowest BCUT2D eigenvalue weighted by Gasteiger charge is -2.13. The third kappa shape index (κ3) is 2.73. The summed E-state index contributed by atoms with van der Waals surface area (Å²) in [6, 6.07) is 5.31. The van der Waals surface area contributed by atoms with Crippen molar-refractivity contribution in [3.8, 4) is 11.5 Å². The summed E-state index contributed by atoms with van der Waals surface area (Å²) in [4.78, 5) is 11.9. The zero-order valence-electron chi connectivity index (χ0n) is 10.4. The van der Waals surface area contributed by atoms with Crippen molar-refractivity contribution in [1.29, 1.82) is 0 Å². The van der Waals surface area contributed by atoms with Crippen LogP contribution < -0.4 is 20.5 Å². The summed E-state index contributed by atoms with van der Waals surface area (Å²) in [6.07, 6.45) is 0.770. The van der Waals surface area contributed by atoms with E-state index < -0.39 is 0 Å². The molecule has 5 nitrogen and oxygen atoms in total. The number of ether oxygens (including phenoxy) is 2. The average molecular weight is 250 g/mol. The second-order valence-corrected chi connectivity index (χ2v) is 4.31. The molecule has 0 fully saturated rings. The Bertz CT molecular complexity index is 434. The lowest BCUT2D eigenvalue weighted by atomic mass is 10.1. The predicted octanol–water partition coefficient (Wildman–Crippen LogP) is 0.925. The van der Waals surface area contributed by atoms with Crippen molar-refractivity contribution in [2.24, 2.45) is 5.73 Å². The predicted molar refractivity (Wildman–Crippen MR) is 68.0 cm³/mol. The number of amides is 1. The number of hydrogen-bond donors (Lipinski definition) is 2. The van der Waals surface area contributed by atoms with Crippen LogP contribution in [0.15, 0.2) is 18.2 Å². The van der Waals surface area contributed by atoms with Crippen LogP contribution in [-0.2, 0) is 0 Å². The SMILES string of the molecule is CC1COc2c(OCCCN)cccc2C(=O)N1. The summed E-state index contributed by atoms with van der Waals surface area (Å²) in [5.41, 5.74) is 5.94. The van der Waals surface area contributed by atoms with Crippen molar-refractivity contribution in [1.82, 2.24) is 5.32 Å². The molecule has 18 heavy (non-hydrogen) atoms. The number of benzene rings is 1. The number of carbonyl (C=O) groups excluding carboxylic acids is 1. The van der Waals surface area contributed by atoms with Crippen molar-refractivity contribution in [3.05, 3.63) is 23.8 Å². The first-order chi connectivity index (χ1) is 8.72. The van der Waals surface area contributed by atoms with Gasteiger partial charge in [0, 0.05) is 0 Å². The fourth-order valence-corrected chi connectivity index (χ4v) is 1.77. The highest BCUT2D eigenvalue weighted by Crippen LogP contribution is 2.32. The zero-order chi connectivity index (χ0) is 13.0. The Balaban J connectivity index is 2.23. The van der Waals surface area contributed by atoms with Gasteiger partial charge in [-0.25, -0.2) is 0 Å². The smallest absolute Gasteiger partial charge is 0.255 e. The minimum Gasteiger partial charge on any atom is -0.490 e. The van der Waals surface area contributed by atoms with E-state index in [1.165, 1.54) is 0 Å². The molecule has 98 valence electrons. The number of para-hydroxylation sites is 1. The minimum atomic E-state index is -0.126. The number of hydrogen-bond acceptors (Lipinski definition) is 4. The van der Waals surface area contributed by atoms with Crippen molar-refractivity contribution in [2.75, 3.05) is 19.8 Å². The molecule has 3 N–H and O–H groups in total. The van der Waals surface area contributed by atoms with E-state index in [4.69, 9.17) is 15.2 Å². The summed E-state index contributed by atoms with van der Waals surface area (Å²) < 4.78 is 11.3. The lowest BCUT2D eigenvalue weighted by molar-refractivity contribution is 0.0942. The molecular weight excluding hydrogens is 232 g/mol. The van der Waals surface area contributed by atoms with Gasteiger partial charge in [-0.1, -0.05) is 6.07 Å². The maximum atomic E-state index is 11.9. The Labute approximate surface area is 106 Å². The molecule has 5 heteroatoms. The van der Waals surface area contributed by atoms with E-state index in [1.807, 2.05) is 6.92 Å². The second kappa shape index (κ2) is 5.73. The number of carbonyl (C=O) groups is 1. The van der Waals surface area contributed by atoms with Gasteiger partial charge < -0.3 is 20.5 Å². The molecule has 1 atom stereocenters. The molecule has 1 aromatic rings. The van der Waals surface area contributed by atoms with Crippen molar-refractivity contribution >= 4 is 5.91 Å².